The van der Waals surface area contributed by atoms with Gasteiger partial charge in [0, 0.05) is 0 Å². The number of amides is 1. The standard InChI is InChI=1S/C20H27N5O3.ClH/c1-3-16(14-4-5-17-18(12-14)28-11-10-27-17)22-20(26)19-13(2)25(24-23-19)15-6-8-21-9-7-15;/h4-5,12,15-16,21H,3,6-11H2,1-2H3,(H,22,26);1H. The second-order valence-electron chi connectivity index (χ2n) is 7.29. The molecule has 9 heteroatoms. The highest BCUT2D eigenvalue weighted by atomic mass is 35.5. The molecule has 3 heterocycles. The largest absolute Gasteiger partial charge is 0.486 e. The van der Waals surface area contributed by atoms with E-state index < -0.39 is 0 Å². The van der Waals surface area contributed by atoms with E-state index in [0.29, 0.717) is 24.9 Å². The monoisotopic (exact) mass is 421 g/mol. The molecule has 0 spiro atoms. The highest BCUT2D eigenvalue weighted by Gasteiger charge is 2.25. The number of nitrogens with zero attached hydrogens (tertiary/aromatic N) is 3. The second kappa shape index (κ2) is 9.45. The van der Waals surface area contributed by atoms with Crippen LogP contribution in [0.5, 0.6) is 11.5 Å². The molecule has 0 saturated carbocycles. The Bertz CT molecular complexity index is 851. The SMILES string of the molecule is CCC(NC(=O)c1nnn(C2CCNCC2)c1C)c1ccc2c(c1)OCCO2.Cl. The summed E-state index contributed by atoms with van der Waals surface area (Å²) in [4.78, 5) is 12.9. The zero-order valence-electron chi connectivity index (χ0n) is 16.8. The van der Waals surface area contributed by atoms with Gasteiger partial charge in [-0.25, -0.2) is 4.68 Å². The molecule has 1 fully saturated rings. The van der Waals surface area contributed by atoms with Crippen molar-refractivity contribution in [1.29, 1.82) is 0 Å². The van der Waals surface area contributed by atoms with E-state index in [4.69, 9.17) is 9.47 Å². The number of hydrogen-bond donors (Lipinski definition) is 2. The Morgan fingerprint density at radius 1 is 1.28 bits per heavy atom. The zero-order chi connectivity index (χ0) is 19.5. The normalized spacial score (nSPS) is 17.3. The maximum Gasteiger partial charge on any atom is 0.274 e. The van der Waals surface area contributed by atoms with E-state index in [1.807, 2.05) is 36.7 Å². The third-order valence-corrected chi connectivity index (χ3v) is 5.48. The van der Waals surface area contributed by atoms with Crippen LogP contribution in [0.1, 0.15) is 60.0 Å². The fourth-order valence-corrected chi connectivity index (χ4v) is 3.87. The molecule has 1 atom stereocenters. The van der Waals surface area contributed by atoms with Gasteiger partial charge in [0.1, 0.15) is 13.2 Å². The highest BCUT2D eigenvalue weighted by molar-refractivity contribution is 5.93. The molecule has 1 aromatic carbocycles. The lowest BCUT2D eigenvalue weighted by molar-refractivity contribution is 0.0929. The van der Waals surface area contributed by atoms with Crippen molar-refractivity contribution in [3.63, 3.8) is 0 Å². The van der Waals surface area contributed by atoms with Crippen LogP contribution in [0.25, 0.3) is 0 Å². The molecule has 4 rings (SSSR count). The average Bonchev–Trinajstić information content (AvgIpc) is 3.13. The summed E-state index contributed by atoms with van der Waals surface area (Å²) in [7, 11) is 0. The fraction of sp³-hybridized carbons (Fsp3) is 0.550. The average molecular weight is 422 g/mol. The number of fused-ring (bicyclic) bond motifs is 1. The summed E-state index contributed by atoms with van der Waals surface area (Å²) < 4.78 is 13.2. The zero-order valence-corrected chi connectivity index (χ0v) is 17.6. The van der Waals surface area contributed by atoms with E-state index in [-0.39, 0.29) is 24.4 Å². The predicted molar refractivity (Wildman–Crippen MR) is 111 cm³/mol. The summed E-state index contributed by atoms with van der Waals surface area (Å²) >= 11 is 0. The molecular weight excluding hydrogens is 394 g/mol. The molecule has 0 radical (unpaired) electrons. The Morgan fingerprint density at radius 2 is 2.00 bits per heavy atom. The van der Waals surface area contributed by atoms with E-state index in [1.54, 1.807) is 0 Å². The minimum atomic E-state index is -0.195. The quantitative estimate of drug-likeness (QED) is 0.771. The second-order valence-corrected chi connectivity index (χ2v) is 7.29. The van der Waals surface area contributed by atoms with Gasteiger partial charge >= 0.3 is 0 Å². The molecule has 1 aromatic heterocycles. The number of piperidine rings is 1. The maximum absolute atomic E-state index is 12.9. The predicted octanol–water partition coefficient (Wildman–Crippen LogP) is 2.59. The van der Waals surface area contributed by atoms with Crippen LogP contribution in [0.2, 0.25) is 0 Å². The first-order valence-electron chi connectivity index (χ1n) is 10.00. The van der Waals surface area contributed by atoms with Gasteiger partial charge in [-0.2, -0.15) is 0 Å². The molecule has 8 nitrogen and oxygen atoms in total. The molecule has 2 aliphatic rings. The van der Waals surface area contributed by atoms with Crippen LogP contribution < -0.4 is 20.1 Å². The first kappa shape index (κ1) is 21.4. The summed E-state index contributed by atoms with van der Waals surface area (Å²) in [6.07, 6.45) is 2.76. The van der Waals surface area contributed by atoms with Crippen LogP contribution in [0.4, 0.5) is 0 Å². The Labute approximate surface area is 176 Å². The Kier molecular flexibility index (Phi) is 6.97. The number of nitrogens with one attached hydrogen (secondary N) is 2. The fourth-order valence-electron chi connectivity index (χ4n) is 3.87. The van der Waals surface area contributed by atoms with Crippen molar-refractivity contribution in [2.24, 2.45) is 0 Å². The molecule has 1 saturated heterocycles. The van der Waals surface area contributed by atoms with Gasteiger partial charge in [-0.15, -0.1) is 17.5 Å². The van der Waals surface area contributed by atoms with E-state index >= 15 is 0 Å². The van der Waals surface area contributed by atoms with Gasteiger partial charge in [-0.3, -0.25) is 4.79 Å². The molecule has 1 unspecified atom stereocenters. The minimum Gasteiger partial charge on any atom is -0.486 e. The lowest BCUT2D eigenvalue weighted by Gasteiger charge is -2.23. The molecule has 2 aliphatic heterocycles. The molecule has 2 aromatic rings. The van der Waals surface area contributed by atoms with Gasteiger partial charge in [-0.1, -0.05) is 18.2 Å². The summed E-state index contributed by atoms with van der Waals surface area (Å²) in [6.45, 7) is 6.99. The van der Waals surface area contributed by atoms with Crippen molar-refractivity contribution >= 4 is 18.3 Å². The number of rotatable bonds is 5. The number of benzene rings is 1. The van der Waals surface area contributed by atoms with Crippen LogP contribution in [-0.2, 0) is 0 Å². The first-order valence-corrected chi connectivity index (χ1v) is 10.00. The molecule has 2 N–H and O–H groups in total. The maximum atomic E-state index is 12.9. The molecule has 29 heavy (non-hydrogen) atoms. The Morgan fingerprint density at radius 3 is 2.72 bits per heavy atom. The number of ether oxygens (including phenoxy) is 2. The minimum absolute atomic E-state index is 0. The molecular formula is C20H28ClN5O3. The smallest absolute Gasteiger partial charge is 0.274 e. The molecule has 0 aliphatic carbocycles. The van der Waals surface area contributed by atoms with Crippen molar-refractivity contribution in [1.82, 2.24) is 25.6 Å². The van der Waals surface area contributed by atoms with E-state index in [1.165, 1.54) is 0 Å². The van der Waals surface area contributed by atoms with Crippen molar-refractivity contribution in [3.8, 4) is 11.5 Å². The number of hydrogen-bond acceptors (Lipinski definition) is 6. The van der Waals surface area contributed by atoms with Crippen molar-refractivity contribution in [3.05, 3.63) is 35.2 Å². The van der Waals surface area contributed by atoms with Crippen LogP contribution >= 0.6 is 12.4 Å². The number of carbonyl (C=O) groups excluding carboxylic acids is 1. The third kappa shape index (κ3) is 4.48. The van der Waals surface area contributed by atoms with E-state index in [2.05, 4.69) is 20.9 Å². The van der Waals surface area contributed by atoms with Gasteiger partial charge in [0.2, 0.25) is 0 Å². The summed E-state index contributed by atoms with van der Waals surface area (Å²) in [6, 6.07) is 5.99. The lowest BCUT2D eigenvalue weighted by Crippen LogP contribution is -2.31. The highest BCUT2D eigenvalue weighted by Crippen LogP contribution is 2.33. The van der Waals surface area contributed by atoms with Crippen molar-refractivity contribution in [2.75, 3.05) is 26.3 Å². The van der Waals surface area contributed by atoms with Crippen molar-refractivity contribution < 1.29 is 14.3 Å². The van der Waals surface area contributed by atoms with Gasteiger partial charge in [-0.05, 0) is 57.0 Å². The summed E-state index contributed by atoms with van der Waals surface area (Å²) in [5.41, 5.74) is 2.21. The number of halogens is 1. The molecule has 0 bridgehead atoms. The lowest BCUT2D eigenvalue weighted by atomic mass is 10.0. The van der Waals surface area contributed by atoms with Crippen LogP contribution in [0, 0.1) is 6.92 Å². The number of aromatic nitrogens is 3. The van der Waals surface area contributed by atoms with Gasteiger partial charge in [0.05, 0.1) is 17.8 Å². The van der Waals surface area contributed by atoms with E-state index in [9.17, 15) is 4.79 Å². The topological polar surface area (TPSA) is 90.3 Å². The summed E-state index contributed by atoms with van der Waals surface area (Å²) in [5, 5.41) is 14.9. The van der Waals surface area contributed by atoms with E-state index in [0.717, 1.165) is 55.1 Å². The summed E-state index contributed by atoms with van der Waals surface area (Å²) in [5.74, 6) is 1.28. The third-order valence-electron chi connectivity index (χ3n) is 5.48. The first-order chi connectivity index (χ1) is 13.7. The van der Waals surface area contributed by atoms with Crippen LogP contribution in [-0.4, -0.2) is 47.2 Å². The van der Waals surface area contributed by atoms with Crippen LogP contribution in [0.15, 0.2) is 18.2 Å². The van der Waals surface area contributed by atoms with Crippen molar-refractivity contribution in [2.45, 2.75) is 45.2 Å². The van der Waals surface area contributed by atoms with Gasteiger partial charge in [0.15, 0.2) is 17.2 Å². The molecule has 158 valence electrons. The van der Waals surface area contributed by atoms with Gasteiger partial charge < -0.3 is 20.1 Å². The Hall–Kier alpha value is -2.32. The Balaban J connectivity index is 0.00000240. The van der Waals surface area contributed by atoms with Crippen LogP contribution in [0.3, 0.4) is 0 Å². The molecule has 1 amide bonds. The van der Waals surface area contributed by atoms with Gasteiger partial charge in [0.25, 0.3) is 5.91 Å². The number of carbonyl (C=O) groups is 1.